The van der Waals surface area contributed by atoms with Crippen LogP contribution in [-0.4, -0.2) is 36.6 Å². The molecule has 0 heterocycles. The lowest BCUT2D eigenvalue weighted by Gasteiger charge is -2.35. The molecule has 1 fully saturated rings. The zero-order chi connectivity index (χ0) is 14.5. The maximum absolute atomic E-state index is 4.22. The van der Waals surface area contributed by atoms with E-state index in [-0.39, 0.29) is 5.54 Å². The molecule has 0 spiro atoms. The summed E-state index contributed by atoms with van der Waals surface area (Å²) < 4.78 is 0. The molecule has 0 bridgehead atoms. The van der Waals surface area contributed by atoms with Crippen molar-refractivity contribution >= 4 is 0 Å². The third kappa shape index (κ3) is 6.58. The summed E-state index contributed by atoms with van der Waals surface area (Å²) in [6.45, 7) is 15.1. The quantitative estimate of drug-likeness (QED) is 0.735. The highest BCUT2D eigenvalue weighted by atomic mass is 15.1. The van der Waals surface area contributed by atoms with Gasteiger partial charge in [-0.2, -0.15) is 0 Å². The number of likely N-dealkylation sites (N-methyl/N-ethyl adjacent to an activating group) is 1. The topological polar surface area (TPSA) is 15.3 Å². The lowest BCUT2D eigenvalue weighted by Crippen LogP contribution is -2.40. The van der Waals surface area contributed by atoms with Gasteiger partial charge in [0.05, 0.1) is 0 Å². The molecule has 0 amide bonds. The molecular formula is C17H34N2. The van der Waals surface area contributed by atoms with Crippen LogP contribution in [0.4, 0.5) is 0 Å². The zero-order valence-electron chi connectivity index (χ0n) is 13.8. The molecule has 1 rings (SSSR count). The van der Waals surface area contributed by atoms with Crippen LogP contribution in [0, 0.1) is 5.92 Å². The second kappa shape index (κ2) is 7.44. The predicted molar refractivity (Wildman–Crippen MR) is 85.6 cm³/mol. The van der Waals surface area contributed by atoms with Gasteiger partial charge in [0.25, 0.3) is 0 Å². The molecule has 0 aromatic rings. The normalized spacial score (nSPS) is 24.7. The van der Waals surface area contributed by atoms with Crippen molar-refractivity contribution in [1.82, 2.24) is 10.2 Å². The molecule has 0 unspecified atom stereocenters. The Bertz CT molecular complexity index is 269. The Labute approximate surface area is 120 Å². The molecule has 112 valence electrons. The minimum Gasteiger partial charge on any atom is -0.308 e. The van der Waals surface area contributed by atoms with Crippen LogP contribution in [0.2, 0.25) is 0 Å². The predicted octanol–water partition coefficient (Wildman–Crippen LogP) is 3.83. The molecule has 0 atom stereocenters. The first kappa shape index (κ1) is 16.7. The second-order valence-electron chi connectivity index (χ2n) is 7.35. The van der Waals surface area contributed by atoms with Crippen molar-refractivity contribution in [3.05, 3.63) is 12.2 Å². The van der Waals surface area contributed by atoms with E-state index < -0.39 is 0 Å². The third-order valence-corrected chi connectivity index (χ3v) is 4.36. The molecule has 1 aliphatic carbocycles. The molecule has 0 saturated heterocycles. The van der Waals surface area contributed by atoms with Gasteiger partial charge in [-0.05, 0) is 65.0 Å². The zero-order valence-corrected chi connectivity index (χ0v) is 13.8. The summed E-state index contributed by atoms with van der Waals surface area (Å²) in [4.78, 5) is 2.51. The lowest BCUT2D eigenvalue weighted by molar-refractivity contribution is 0.173. The van der Waals surface area contributed by atoms with Gasteiger partial charge < -0.3 is 5.32 Å². The Balaban J connectivity index is 2.27. The summed E-state index contributed by atoms with van der Waals surface area (Å²) in [5.74, 6) is 0.982. The largest absolute Gasteiger partial charge is 0.308 e. The SMILES string of the molecule is C=C(CNC(C)(C)C)CN(C)C1CCC(CC)CC1. The van der Waals surface area contributed by atoms with Crippen molar-refractivity contribution in [2.45, 2.75) is 71.4 Å². The van der Waals surface area contributed by atoms with Gasteiger partial charge in [0.1, 0.15) is 0 Å². The van der Waals surface area contributed by atoms with Crippen molar-refractivity contribution < 1.29 is 0 Å². The van der Waals surface area contributed by atoms with Crippen molar-refractivity contribution in [3.8, 4) is 0 Å². The molecular weight excluding hydrogens is 232 g/mol. The Morgan fingerprint density at radius 3 is 2.26 bits per heavy atom. The van der Waals surface area contributed by atoms with E-state index in [2.05, 4.69) is 51.5 Å². The molecule has 2 heteroatoms. The van der Waals surface area contributed by atoms with E-state index >= 15 is 0 Å². The number of hydrogen-bond acceptors (Lipinski definition) is 2. The van der Waals surface area contributed by atoms with Crippen molar-refractivity contribution in [2.75, 3.05) is 20.1 Å². The van der Waals surface area contributed by atoms with Crippen molar-refractivity contribution in [2.24, 2.45) is 5.92 Å². The highest BCUT2D eigenvalue weighted by Gasteiger charge is 2.23. The van der Waals surface area contributed by atoms with Crippen LogP contribution >= 0.6 is 0 Å². The number of nitrogens with zero attached hydrogens (tertiary/aromatic N) is 1. The lowest BCUT2D eigenvalue weighted by atomic mass is 9.84. The summed E-state index contributed by atoms with van der Waals surface area (Å²) in [7, 11) is 2.26. The fourth-order valence-electron chi connectivity index (χ4n) is 2.92. The molecule has 1 saturated carbocycles. The van der Waals surface area contributed by atoms with Crippen LogP contribution < -0.4 is 5.32 Å². The number of rotatable bonds is 6. The van der Waals surface area contributed by atoms with Crippen molar-refractivity contribution in [3.63, 3.8) is 0 Å². The smallest absolute Gasteiger partial charge is 0.0202 e. The van der Waals surface area contributed by atoms with E-state index in [1.807, 2.05) is 0 Å². The van der Waals surface area contributed by atoms with E-state index in [1.165, 1.54) is 37.7 Å². The molecule has 2 nitrogen and oxygen atoms in total. The van der Waals surface area contributed by atoms with Crippen LogP contribution in [-0.2, 0) is 0 Å². The third-order valence-electron chi connectivity index (χ3n) is 4.36. The maximum Gasteiger partial charge on any atom is 0.0202 e. The summed E-state index contributed by atoms with van der Waals surface area (Å²) in [6, 6.07) is 0.772. The van der Waals surface area contributed by atoms with E-state index in [4.69, 9.17) is 0 Å². The van der Waals surface area contributed by atoms with Gasteiger partial charge in [0.2, 0.25) is 0 Å². The van der Waals surface area contributed by atoms with E-state index in [9.17, 15) is 0 Å². The summed E-state index contributed by atoms with van der Waals surface area (Å²) >= 11 is 0. The fraction of sp³-hybridized carbons (Fsp3) is 0.882. The Morgan fingerprint density at radius 1 is 1.21 bits per heavy atom. The molecule has 1 aliphatic rings. The minimum absolute atomic E-state index is 0.181. The Morgan fingerprint density at radius 2 is 1.79 bits per heavy atom. The summed E-state index contributed by atoms with van der Waals surface area (Å²) in [6.07, 6.45) is 6.93. The Kier molecular flexibility index (Phi) is 6.55. The molecule has 1 N–H and O–H groups in total. The van der Waals surface area contributed by atoms with Gasteiger partial charge in [-0.1, -0.05) is 19.9 Å². The van der Waals surface area contributed by atoms with Crippen LogP contribution in [0.15, 0.2) is 12.2 Å². The Hall–Kier alpha value is -0.340. The van der Waals surface area contributed by atoms with E-state index in [0.717, 1.165) is 25.0 Å². The first-order chi connectivity index (χ1) is 8.81. The monoisotopic (exact) mass is 266 g/mol. The van der Waals surface area contributed by atoms with Gasteiger partial charge in [-0.25, -0.2) is 0 Å². The maximum atomic E-state index is 4.22. The molecule has 0 aliphatic heterocycles. The molecule has 0 aromatic heterocycles. The highest BCUT2D eigenvalue weighted by molar-refractivity contribution is 5.01. The highest BCUT2D eigenvalue weighted by Crippen LogP contribution is 2.29. The first-order valence-electron chi connectivity index (χ1n) is 7.93. The van der Waals surface area contributed by atoms with Gasteiger partial charge in [-0.3, -0.25) is 4.90 Å². The first-order valence-corrected chi connectivity index (χ1v) is 7.93. The van der Waals surface area contributed by atoms with E-state index in [1.54, 1.807) is 0 Å². The van der Waals surface area contributed by atoms with Gasteiger partial charge in [0, 0.05) is 24.7 Å². The molecule has 0 aromatic carbocycles. The van der Waals surface area contributed by atoms with Crippen molar-refractivity contribution in [1.29, 1.82) is 0 Å². The fourth-order valence-corrected chi connectivity index (χ4v) is 2.92. The number of hydrogen-bond donors (Lipinski definition) is 1. The molecule has 19 heavy (non-hydrogen) atoms. The van der Waals surface area contributed by atoms with Gasteiger partial charge in [-0.15, -0.1) is 0 Å². The molecule has 0 radical (unpaired) electrons. The minimum atomic E-state index is 0.181. The second-order valence-corrected chi connectivity index (χ2v) is 7.35. The summed E-state index contributed by atoms with van der Waals surface area (Å²) in [5, 5.41) is 3.52. The van der Waals surface area contributed by atoms with E-state index in [0.29, 0.717) is 0 Å². The van der Waals surface area contributed by atoms with Crippen LogP contribution in [0.25, 0.3) is 0 Å². The average molecular weight is 266 g/mol. The average Bonchev–Trinajstić information content (AvgIpc) is 2.35. The standard InChI is InChI=1S/C17H34N2/c1-7-15-8-10-16(11-9-15)19(6)13-14(2)12-18-17(3,4)5/h15-16,18H,2,7-13H2,1,3-6H3. The van der Waals surface area contributed by atoms with Crippen LogP contribution in [0.1, 0.15) is 59.8 Å². The van der Waals surface area contributed by atoms with Crippen LogP contribution in [0.3, 0.4) is 0 Å². The van der Waals surface area contributed by atoms with Gasteiger partial charge >= 0.3 is 0 Å². The van der Waals surface area contributed by atoms with Crippen LogP contribution in [0.5, 0.6) is 0 Å². The number of nitrogens with one attached hydrogen (secondary N) is 1. The summed E-state index contributed by atoms with van der Waals surface area (Å²) in [5.41, 5.74) is 1.48. The van der Waals surface area contributed by atoms with Gasteiger partial charge in [0.15, 0.2) is 0 Å².